The zero-order chi connectivity index (χ0) is 17.6. The van der Waals surface area contributed by atoms with Gasteiger partial charge in [-0.25, -0.2) is 0 Å². The number of nitrogens with zero attached hydrogens (tertiary/aromatic N) is 1. The van der Waals surface area contributed by atoms with Gasteiger partial charge in [0.25, 0.3) is 0 Å². The fourth-order valence-electron chi connectivity index (χ4n) is 5.17. The van der Waals surface area contributed by atoms with Gasteiger partial charge in [0.15, 0.2) is 0 Å². The van der Waals surface area contributed by atoms with Crippen molar-refractivity contribution in [3.63, 3.8) is 0 Å². The summed E-state index contributed by atoms with van der Waals surface area (Å²) < 4.78 is 6.71. The van der Waals surface area contributed by atoms with Crippen molar-refractivity contribution in [2.75, 3.05) is 33.9 Å². The third-order valence-electron chi connectivity index (χ3n) is 6.52. The van der Waals surface area contributed by atoms with Gasteiger partial charge in [0.1, 0.15) is 18.3 Å². The Labute approximate surface area is 161 Å². The van der Waals surface area contributed by atoms with E-state index in [1.54, 1.807) is 7.11 Å². The van der Waals surface area contributed by atoms with E-state index < -0.39 is 0 Å². The molecule has 0 radical (unpaired) electrons. The SMILES string of the molecule is C/C=C1/C[N+]2(C)CCc3c([nH]c4cccc(OC)c34)[C@@H]2C[C@@H]1CCO.[Cl-]. The van der Waals surface area contributed by atoms with Gasteiger partial charge in [-0.05, 0) is 42.5 Å². The molecule has 0 bridgehead atoms. The zero-order valence-electron chi connectivity index (χ0n) is 15.9. The summed E-state index contributed by atoms with van der Waals surface area (Å²) in [5, 5.41) is 10.8. The van der Waals surface area contributed by atoms with Crippen LogP contribution in [0.2, 0.25) is 0 Å². The second-order valence-corrected chi connectivity index (χ2v) is 7.84. The predicted octanol–water partition coefficient (Wildman–Crippen LogP) is 0.573. The van der Waals surface area contributed by atoms with Gasteiger partial charge < -0.3 is 31.7 Å². The van der Waals surface area contributed by atoms with Crippen LogP contribution in [0.3, 0.4) is 0 Å². The molecule has 0 saturated carbocycles. The Balaban J connectivity index is 0.00000196. The highest BCUT2D eigenvalue weighted by Gasteiger charge is 2.47. The number of H-pyrrole nitrogens is 1. The fraction of sp³-hybridized carbons (Fsp3) is 0.524. The lowest BCUT2D eigenvalue weighted by Gasteiger charge is -2.50. The summed E-state index contributed by atoms with van der Waals surface area (Å²) in [4.78, 5) is 3.73. The first-order valence-electron chi connectivity index (χ1n) is 9.39. The second-order valence-electron chi connectivity index (χ2n) is 7.84. The van der Waals surface area contributed by atoms with Crippen LogP contribution in [-0.4, -0.2) is 48.4 Å². The number of aromatic nitrogens is 1. The van der Waals surface area contributed by atoms with Crippen LogP contribution in [-0.2, 0) is 6.42 Å². The molecule has 1 aromatic heterocycles. The van der Waals surface area contributed by atoms with E-state index in [2.05, 4.69) is 43.2 Å². The molecular formula is C21H29ClN2O2. The standard InChI is InChI=1S/C21H29N2O2.ClH/c1-4-14-13-23(2)10-8-16-20-17(6-5-7-19(20)25-3)22-21(16)18(23)12-15(14)9-11-24;/h4-7,15,18,22,24H,8-13H2,1-3H3;1H/q+1;/p-1/b14-4-;/t15-,18-,23?;/m0./s1. The molecule has 1 saturated heterocycles. The number of aliphatic hydroxyl groups excluding tert-OH is 1. The van der Waals surface area contributed by atoms with Crippen LogP contribution in [0.25, 0.3) is 10.9 Å². The number of hydrogen-bond acceptors (Lipinski definition) is 2. The van der Waals surface area contributed by atoms with Gasteiger partial charge in [0, 0.05) is 30.4 Å². The lowest BCUT2D eigenvalue weighted by Crippen LogP contribution is -3.00. The topological polar surface area (TPSA) is 45.2 Å². The third kappa shape index (κ3) is 2.84. The zero-order valence-corrected chi connectivity index (χ0v) is 16.6. The normalized spacial score (nSPS) is 29.2. The molecule has 142 valence electrons. The largest absolute Gasteiger partial charge is 1.00 e. The van der Waals surface area contributed by atoms with Crippen molar-refractivity contribution < 1.29 is 26.7 Å². The number of allylic oxidation sites excluding steroid dienone is 1. The van der Waals surface area contributed by atoms with Gasteiger partial charge in [-0.1, -0.05) is 12.1 Å². The Kier molecular flexibility index (Phi) is 5.38. The first kappa shape index (κ1) is 19.3. The Bertz CT molecular complexity index is 829. The van der Waals surface area contributed by atoms with E-state index >= 15 is 0 Å². The summed E-state index contributed by atoms with van der Waals surface area (Å²) in [7, 11) is 4.16. The van der Waals surface area contributed by atoms with E-state index in [0.717, 1.165) is 42.6 Å². The van der Waals surface area contributed by atoms with Gasteiger partial charge in [-0.2, -0.15) is 0 Å². The van der Waals surface area contributed by atoms with Gasteiger partial charge in [0.05, 0.1) is 26.4 Å². The van der Waals surface area contributed by atoms with Gasteiger partial charge in [-0.15, -0.1) is 0 Å². The van der Waals surface area contributed by atoms with Crippen LogP contribution in [0.15, 0.2) is 29.8 Å². The number of aliphatic hydroxyl groups is 1. The molecule has 0 spiro atoms. The quantitative estimate of drug-likeness (QED) is 0.608. The number of methoxy groups -OCH3 is 1. The van der Waals surface area contributed by atoms with E-state index in [4.69, 9.17) is 4.74 Å². The molecule has 0 aliphatic carbocycles. The van der Waals surface area contributed by atoms with Crippen molar-refractivity contribution in [2.24, 2.45) is 5.92 Å². The number of benzene rings is 1. The third-order valence-corrected chi connectivity index (χ3v) is 6.52. The molecule has 4 nitrogen and oxygen atoms in total. The number of ether oxygens (including phenoxy) is 1. The smallest absolute Gasteiger partial charge is 0.131 e. The van der Waals surface area contributed by atoms with Crippen LogP contribution < -0.4 is 17.1 Å². The van der Waals surface area contributed by atoms with Gasteiger partial charge in [0.2, 0.25) is 0 Å². The summed E-state index contributed by atoms with van der Waals surface area (Å²) in [6, 6.07) is 6.75. The van der Waals surface area contributed by atoms with Crippen molar-refractivity contribution in [3.05, 3.63) is 41.1 Å². The van der Waals surface area contributed by atoms with Crippen molar-refractivity contribution in [1.29, 1.82) is 0 Å². The fourth-order valence-corrected chi connectivity index (χ4v) is 5.17. The maximum atomic E-state index is 9.51. The molecule has 3 atom stereocenters. The Morgan fingerprint density at radius 2 is 2.19 bits per heavy atom. The van der Waals surface area contributed by atoms with Crippen molar-refractivity contribution in [2.45, 2.75) is 32.2 Å². The first-order valence-corrected chi connectivity index (χ1v) is 9.39. The Hall–Kier alpha value is -1.49. The molecule has 0 amide bonds. The molecule has 1 aromatic carbocycles. The molecule has 2 aromatic rings. The van der Waals surface area contributed by atoms with Crippen molar-refractivity contribution in [3.8, 4) is 5.75 Å². The summed E-state index contributed by atoms with van der Waals surface area (Å²) in [5.41, 5.74) is 5.55. The highest BCUT2D eigenvalue weighted by molar-refractivity contribution is 5.90. The molecule has 1 fully saturated rings. The predicted molar refractivity (Wildman–Crippen MR) is 101 cm³/mol. The molecule has 26 heavy (non-hydrogen) atoms. The minimum absolute atomic E-state index is 0. The Morgan fingerprint density at radius 3 is 2.88 bits per heavy atom. The molecule has 2 aliphatic rings. The molecule has 4 rings (SSSR count). The average molecular weight is 377 g/mol. The van der Waals surface area contributed by atoms with Crippen molar-refractivity contribution >= 4 is 10.9 Å². The maximum absolute atomic E-state index is 9.51. The van der Waals surface area contributed by atoms with Crippen LogP contribution in [0.5, 0.6) is 5.75 Å². The van der Waals surface area contributed by atoms with E-state index in [-0.39, 0.29) is 19.0 Å². The number of piperidine rings is 1. The summed E-state index contributed by atoms with van der Waals surface area (Å²) in [6.45, 7) is 4.67. The number of hydrogen-bond donors (Lipinski definition) is 2. The van der Waals surface area contributed by atoms with Crippen LogP contribution >= 0.6 is 0 Å². The minimum atomic E-state index is 0. The molecule has 2 N–H and O–H groups in total. The lowest BCUT2D eigenvalue weighted by atomic mass is 9.78. The number of aromatic amines is 1. The van der Waals surface area contributed by atoms with Gasteiger partial charge >= 0.3 is 0 Å². The number of quaternary nitrogens is 1. The maximum Gasteiger partial charge on any atom is 0.131 e. The first-order chi connectivity index (χ1) is 12.1. The average Bonchev–Trinajstić information content (AvgIpc) is 3.00. The number of halogens is 1. The molecule has 3 heterocycles. The molecule has 2 aliphatic heterocycles. The highest BCUT2D eigenvalue weighted by Crippen LogP contribution is 2.48. The second kappa shape index (κ2) is 7.26. The van der Waals surface area contributed by atoms with E-state index in [1.807, 2.05) is 0 Å². The van der Waals surface area contributed by atoms with E-state index in [1.165, 1.54) is 27.7 Å². The Morgan fingerprint density at radius 1 is 1.38 bits per heavy atom. The monoisotopic (exact) mass is 376 g/mol. The number of rotatable bonds is 3. The number of nitrogens with one attached hydrogen (secondary N) is 1. The van der Waals surface area contributed by atoms with E-state index in [0.29, 0.717) is 12.0 Å². The lowest BCUT2D eigenvalue weighted by molar-refractivity contribution is -0.942. The molecule has 1 unspecified atom stereocenters. The van der Waals surface area contributed by atoms with Crippen LogP contribution in [0, 0.1) is 5.92 Å². The summed E-state index contributed by atoms with van der Waals surface area (Å²) >= 11 is 0. The summed E-state index contributed by atoms with van der Waals surface area (Å²) in [6.07, 6.45) is 5.35. The van der Waals surface area contributed by atoms with E-state index in [9.17, 15) is 5.11 Å². The molecular weight excluding hydrogens is 348 g/mol. The number of fused-ring (bicyclic) bond motifs is 5. The summed E-state index contributed by atoms with van der Waals surface area (Å²) in [5.74, 6) is 1.47. The van der Waals surface area contributed by atoms with Crippen molar-refractivity contribution in [1.82, 2.24) is 4.98 Å². The van der Waals surface area contributed by atoms with Gasteiger partial charge in [-0.3, -0.25) is 0 Å². The van der Waals surface area contributed by atoms with Crippen LogP contribution in [0.1, 0.15) is 37.1 Å². The highest BCUT2D eigenvalue weighted by atomic mass is 35.5. The number of likely N-dealkylation sites (N-methyl/N-ethyl adjacent to an activating group) is 1. The minimum Gasteiger partial charge on any atom is -1.00 e. The molecule has 5 heteroatoms. The van der Waals surface area contributed by atoms with Crippen LogP contribution in [0.4, 0.5) is 0 Å².